The molecule has 42 nitrogen and oxygen atoms in total. The molecule has 0 spiro atoms. The zero-order valence-electron chi connectivity index (χ0n) is 73.2. The lowest BCUT2D eigenvalue weighted by Gasteiger charge is -2.35. The van der Waals surface area contributed by atoms with Crippen molar-refractivity contribution in [1.82, 2.24) is 29.9 Å². The highest BCUT2D eigenvalue weighted by Crippen LogP contribution is 2.40. The van der Waals surface area contributed by atoms with E-state index in [0.29, 0.717) is 121 Å². The van der Waals surface area contributed by atoms with Gasteiger partial charge in [-0.15, -0.1) is 10.2 Å². The quantitative estimate of drug-likeness (QED) is 0.0110. The third kappa shape index (κ3) is 27.0. The van der Waals surface area contributed by atoms with E-state index >= 15 is 0 Å². The summed E-state index contributed by atoms with van der Waals surface area (Å²) in [5.74, 6) is 0.917. The van der Waals surface area contributed by atoms with E-state index < -0.39 is 66.1 Å². The van der Waals surface area contributed by atoms with Crippen LogP contribution in [0.25, 0.3) is 0 Å². The molecule has 1 aliphatic rings. The van der Waals surface area contributed by atoms with E-state index in [1.807, 2.05) is 60.0 Å². The van der Waals surface area contributed by atoms with Gasteiger partial charge in [-0.25, -0.2) is 4.98 Å². The first-order valence-corrected chi connectivity index (χ1v) is 49.0. The molecule has 0 bridgehead atoms. The predicted octanol–water partition coefficient (Wildman–Crippen LogP) is 23.3. The van der Waals surface area contributed by atoms with Crippen molar-refractivity contribution in [3.05, 3.63) is 306 Å². The van der Waals surface area contributed by atoms with Crippen LogP contribution >= 0.6 is 0 Å². The van der Waals surface area contributed by atoms with Crippen LogP contribution < -0.4 is 25.2 Å². The lowest BCUT2D eigenvalue weighted by molar-refractivity contribution is 0.317. The Morgan fingerprint density at radius 2 is 0.645 bits per heavy atom. The highest BCUT2D eigenvalue weighted by atomic mass is 32.2. The second kappa shape index (κ2) is 42.7. The number of anilines is 6. The van der Waals surface area contributed by atoms with Gasteiger partial charge >= 0.3 is 0 Å². The monoisotopic (exact) mass is 1950 g/mol. The Morgan fingerprint density at radius 3 is 1.04 bits per heavy atom. The van der Waals surface area contributed by atoms with Crippen LogP contribution in [0.4, 0.5) is 126 Å². The van der Waals surface area contributed by atoms with Gasteiger partial charge in [0.25, 0.3) is 50.6 Å². The smallest absolute Gasteiger partial charge is 0.296 e. The number of rotatable bonds is 35. The molecular weight excluding hydrogens is 1870 g/mol. The van der Waals surface area contributed by atoms with Gasteiger partial charge in [0.15, 0.2) is 0 Å². The Hall–Kier alpha value is -16.0. The van der Waals surface area contributed by atoms with Crippen LogP contribution in [0.1, 0.15) is 51.5 Å². The van der Waals surface area contributed by atoms with E-state index in [1.54, 1.807) is 153 Å². The van der Waals surface area contributed by atoms with Crippen molar-refractivity contribution < 1.29 is 69.6 Å². The van der Waals surface area contributed by atoms with Crippen LogP contribution in [0.15, 0.2) is 362 Å². The molecular formula is C91H80N26O16S5. The topological polar surface area (TPSA) is 587 Å². The van der Waals surface area contributed by atoms with Crippen molar-refractivity contribution in [2.45, 2.75) is 66.5 Å². The molecule has 14 aromatic rings. The van der Waals surface area contributed by atoms with Gasteiger partial charge in [0.2, 0.25) is 23.8 Å². The molecule has 15 rings (SSSR count). The molecule has 0 radical (unpaired) electrons. The maximum atomic E-state index is 12.8. The molecule has 7 N–H and O–H groups in total. The van der Waals surface area contributed by atoms with Gasteiger partial charge in [0.05, 0.1) is 107 Å². The molecule has 12 aromatic carbocycles. The molecule has 47 heteroatoms. The maximum Gasteiger partial charge on any atom is 0.296 e. The third-order valence-corrected chi connectivity index (χ3v) is 24.7. The van der Waals surface area contributed by atoms with Gasteiger partial charge in [0.1, 0.15) is 38.6 Å². The van der Waals surface area contributed by atoms with E-state index in [9.17, 15) is 64.9 Å². The first kappa shape index (κ1) is 96.6. The van der Waals surface area contributed by atoms with Crippen molar-refractivity contribution >= 4 is 177 Å². The van der Waals surface area contributed by atoms with E-state index in [2.05, 4.69) is 92.5 Å². The largest absolute Gasteiger partial charge is 0.491 e. The fourth-order valence-corrected chi connectivity index (χ4v) is 16.1. The first-order chi connectivity index (χ1) is 66.0. The number of aromatic nitrogens is 6. The summed E-state index contributed by atoms with van der Waals surface area (Å²) in [5.41, 5.74) is 9.97. The molecule has 1 aliphatic heterocycles. The van der Waals surface area contributed by atoms with Crippen LogP contribution in [0.5, 0.6) is 5.75 Å². The summed E-state index contributed by atoms with van der Waals surface area (Å²) >= 11 is 0. The fourth-order valence-electron chi connectivity index (χ4n) is 13.4. The zero-order valence-corrected chi connectivity index (χ0v) is 77.3. The number of azo groups is 8. The number of aryl methyl sites for hydroxylation is 4. The zero-order chi connectivity index (χ0) is 97.3. The first-order valence-electron chi connectivity index (χ1n) is 41.6. The van der Waals surface area contributed by atoms with Crippen molar-refractivity contribution in [2.24, 2.45) is 81.8 Å². The normalized spacial score (nSPS) is 13.2. The molecule has 0 atom stereocenters. The van der Waals surface area contributed by atoms with E-state index in [0.717, 1.165) is 28.8 Å². The van der Waals surface area contributed by atoms with Crippen molar-refractivity contribution in [3.8, 4) is 5.75 Å². The summed E-state index contributed by atoms with van der Waals surface area (Å²) in [6.07, 6.45) is 0.311. The molecule has 3 heterocycles. The Labute approximate surface area is 790 Å². The number of ether oxygens (including phenoxy) is 1. The highest BCUT2D eigenvalue weighted by molar-refractivity contribution is 7.87. The van der Waals surface area contributed by atoms with Crippen LogP contribution in [-0.4, -0.2) is 133 Å². The number of nitrogens with zero attached hydrogens (tertiary/aromatic N) is 24. The summed E-state index contributed by atoms with van der Waals surface area (Å²) in [4.78, 5) is 32.3. The lowest BCUT2D eigenvalue weighted by Crippen LogP contribution is -2.48. The average Bonchev–Trinajstić information content (AvgIpc) is 0.828. The summed E-state index contributed by atoms with van der Waals surface area (Å²) in [5, 5.41) is 75.2. The summed E-state index contributed by atoms with van der Waals surface area (Å²) < 4.78 is 176. The molecule has 700 valence electrons. The second-order valence-corrected chi connectivity index (χ2v) is 37.9. The third-order valence-electron chi connectivity index (χ3n) is 20.4. The second-order valence-electron chi connectivity index (χ2n) is 30.7. The summed E-state index contributed by atoms with van der Waals surface area (Å²) in [7, 11) is -22.9. The SMILES string of the molecule is Cc1cc(Cc2nc(Cc3ccc(N=Nc4ccc(N=Nc5ccccc5)cc4S(=O)(=O)O)c(C)c3)nc(N3CCN(c4nc(Nc5ccc(N=Nc6ccc(N=Nc7ccccc7)cc6S(=O)(=O)O)c(C)c5)nc(Nc5cc(C)c(N=Nc6ccc(N=Nc7ccc(S(=O)(=O)O)cc7)cc6)cc5OCCCS(=O)(=O)O)n4)CC3)n2)ccc1N=Nc1ccc(N=Nc2ccc(S(=O)(=O)O)cc2)cc1. The van der Waals surface area contributed by atoms with Crippen LogP contribution in [0.2, 0.25) is 0 Å². The molecule has 0 amide bonds. The molecule has 0 aliphatic carbocycles. The Morgan fingerprint density at radius 1 is 0.312 bits per heavy atom. The lowest BCUT2D eigenvalue weighted by atomic mass is 10.1. The van der Waals surface area contributed by atoms with Gasteiger partial charge in [-0.05, 0) is 262 Å². The predicted molar refractivity (Wildman–Crippen MR) is 512 cm³/mol. The highest BCUT2D eigenvalue weighted by Gasteiger charge is 2.27. The van der Waals surface area contributed by atoms with Gasteiger partial charge in [-0.3, -0.25) is 22.8 Å². The number of piperazine rings is 1. The van der Waals surface area contributed by atoms with E-state index in [1.165, 1.54) is 72.8 Å². The molecule has 138 heavy (non-hydrogen) atoms. The minimum absolute atomic E-state index is 0.0108. The van der Waals surface area contributed by atoms with Crippen LogP contribution in [-0.2, 0) is 63.4 Å². The minimum Gasteiger partial charge on any atom is -0.491 e. The van der Waals surface area contributed by atoms with Crippen molar-refractivity contribution in [2.75, 3.05) is 59.0 Å². The molecule has 0 unspecified atom stereocenters. The number of benzene rings is 12. The fraction of sp³-hybridized carbons (Fsp3) is 0.143. The number of hydrogen-bond donors (Lipinski definition) is 7. The number of nitrogens with one attached hydrogen (secondary N) is 2. The maximum absolute atomic E-state index is 12.8. The Balaban J connectivity index is 0.718. The molecule has 1 saturated heterocycles. The number of hydrogen-bond acceptors (Lipinski definition) is 37. The Bertz CT molecular complexity index is 7790. The van der Waals surface area contributed by atoms with Crippen molar-refractivity contribution in [3.63, 3.8) is 0 Å². The standard InChI is InChI=1S/C91H80N26O16S5/c1-57-48-61(16-37-76(57)110-106-67-22-18-65(19-23-67)102-104-69-26-33-74(34-27-69)135(121,122)123)52-86-94-87(53-62-17-38-77(58(2)49-62)111-113-79-40-31-72(54-84(79)137(127,128)129)108-100-63-12-7-5-8-13-63)96-90(95-86)116-42-44-117(45-43-116)91-98-88(92-71-30-39-78(59(3)50-71)112-114-80-41-32-73(55-85(80)138(130,131)132)109-101-64-14-9-6-10-15-64)97-89(99-91)93-82-51-60(4)81(56-83(82)133-46-11-47-134(118,119)120)115-107-68-24-20-66(21-25-68)103-105-70-28-35-75(36-29-70)136(124,125)126/h5-10,12-41,48-51,54-56H,11,42-47,52-53H2,1-4H3,(H,118,119,120)(H,121,122,123)(H,124,125,126)(H,127,128,129)(H,130,131,132)(H2,92,93,97,98,99). The van der Waals surface area contributed by atoms with Crippen LogP contribution in [0, 0.1) is 27.7 Å². The van der Waals surface area contributed by atoms with Gasteiger partial charge < -0.3 is 25.2 Å². The van der Waals surface area contributed by atoms with Gasteiger partial charge in [-0.2, -0.15) is 139 Å². The van der Waals surface area contributed by atoms with Gasteiger partial charge in [-0.1, -0.05) is 60.7 Å². The van der Waals surface area contributed by atoms with Crippen molar-refractivity contribution in [1.29, 1.82) is 0 Å². The Kier molecular flexibility index (Phi) is 29.9. The molecule has 2 aromatic heterocycles. The summed E-state index contributed by atoms with van der Waals surface area (Å²) in [6, 6.07) is 68.6. The van der Waals surface area contributed by atoms with E-state index in [4.69, 9.17) is 34.6 Å². The summed E-state index contributed by atoms with van der Waals surface area (Å²) in [6.45, 7) is 8.16. The van der Waals surface area contributed by atoms with Crippen LogP contribution in [0.3, 0.4) is 0 Å². The minimum atomic E-state index is -4.85. The average molecular weight is 1950 g/mol. The van der Waals surface area contributed by atoms with Gasteiger partial charge in [0, 0.05) is 50.8 Å². The molecule has 0 saturated carbocycles. The molecule has 1 fully saturated rings. The van der Waals surface area contributed by atoms with E-state index in [-0.39, 0.29) is 101 Å².